The van der Waals surface area contributed by atoms with Gasteiger partial charge in [-0.25, -0.2) is 0 Å². The maximum atomic E-state index is 5.53. The number of rotatable bonds is 2. The van der Waals surface area contributed by atoms with Gasteiger partial charge in [-0.15, -0.1) is 0 Å². The van der Waals surface area contributed by atoms with Gasteiger partial charge in [0.1, 0.15) is 0 Å². The van der Waals surface area contributed by atoms with Crippen LogP contribution in [0.25, 0.3) is 23.0 Å². The molecular weight excluding hydrogens is 208 g/mol. The van der Waals surface area contributed by atoms with Gasteiger partial charge in [-0.1, -0.05) is 0 Å². The molecule has 0 atom stereocenters. The second kappa shape index (κ2) is 3.30. The standard InChI is InChI=1S/C11H8N2O3/c12-11-13-9(7-3-1-5-14-7)10(16-11)8-4-2-6-15-8/h1-6H,(H2,12,13). The van der Waals surface area contributed by atoms with Crippen LogP contribution in [0.3, 0.4) is 0 Å². The SMILES string of the molecule is Nc1nc(-c2ccco2)c(-c2ccco2)o1. The van der Waals surface area contributed by atoms with Crippen LogP contribution >= 0.6 is 0 Å². The molecule has 3 rings (SSSR count). The predicted octanol–water partition coefficient (Wildman–Crippen LogP) is 2.78. The Morgan fingerprint density at radius 3 is 2.31 bits per heavy atom. The van der Waals surface area contributed by atoms with E-state index in [-0.39, 0.29) is 6.01 Å². The molecule has 5 heteroatoms. The van der Waals surface area contributed by atoms with Gasteiger partial charge < -0.3 is 19.0 Å². The highest BCUT2D eigenvalue weighted by atomic mass is 16.4. The van der Waals surface area contributed by atoms with Gasteiger partial charge in [0.25, 0.3) is 6.01 Å². The van der Waals surface area contributed by atoms with E-state index in [1.807, 2.05) is 0 Å². The van der Waals surface area contributed by atoms with Gasteiger partial charge in [-0.3, -0.25) is 0 Å². The normalized spacial score (nSPS) is 10.8. The second-order valence-corrected chi connectivity index (χ2v) is 3.18. The fourth-order valence-corrected chi connectivity index (χ4v) is 1.49. The lowest BCUT2D eigenvalue weighted by molar-refractivity contribution is 0.530. The first kappa shape index (κ1) is 8.84. The van der Waals surface area contributed by atoms with Crippen LogP contribution in [0.5, 0.6) is 0 Å². The van der Waals surface area contributed by atoms with Gasteiger partial charge in [-0.05, 0) is 24.3 Å². The molecule has 0 unspecified atom stereocenters. The van der Waals surface area contributed by atoms with E-state index in [2.05, 4.69) is 4.98 Å². The zero-order valence-electron chi connectivity index (χ0n) is 8.21. The van der Waals surface area contributed by atoms with Crippen LogP contribution in [0, 0.1) is 0 Å². The van der Waals surface area contributed by atoms with E-state index >= 15 is 0 Å². The topological polar surface area (TPSA) is 78.3 Å². The molecule has 0 aliphatic rings. The molecular formula is C11H8N2O3. The molecule has 0 radical (unpaired) electrons. The molecule has 0 aliphatic heterocycles. The summed E-state index contributed by atoms with van der Waals surface area (Å²) in [5.41, 5.74) is 6.07. The van der Waals surface area contributed by atoms with E-state index in [0.29, 0.717) is 23.0 Å². The highest BCUT2D eigenvalue weighted by Crippen LogP contribution is 2.33. The largest absolute Gasteiger partial charge is 0.463 e. The number of furan rings is 2. The molecule has 0 aliphatic carbocycles. The summed E-state index contributed by atoms with van der Waals surface area (Å²) in [6.45, 7) is 0. The quantitative estimate of drug-likeness (QED) is 0.712. The van der Waals surface area contributed by atoms with Gasteiger partial charge in [-0.2, -0.15) is 4.98 Å². The number of hydrogen-bond acceptors (Lipinski definition) is 5. The van der Waals surface area contributed by atoms with Crippen LogP contribution in [0.2, 0.25) is 0 Å². The molecule has 0 saturated carbocycles. The number of anilines is 1. The Morgan fingerprint density at radius 2 is 1.69 bits per heavy atom. The lowest BCUT2D eigenvalue weighted by Crippen LogP contribution is -1.82. The molecule has 3 aromatic heterocycles. The third kappa shape index (κ3) is 1.30. The molecule has 0 aromatic carbocycles. The zero-order chi connectivity index (χ0) is 11.0. The molecule has 3 aromatic rings. The second-order valence-electron chi connectivity index (χ2n) is 3.18. The lowest BCUT2D eigenvalue weighted by atomic mass is 10.2. The van der Waals surface area contributed by atoms with Crippen molar-refractivity contribution >= 4 is 6.01 Å². The smallest absolute Gasteiger partial charge is 0.293 e. The van der Waals surface area contributed by atoms with Gasteiger partial charge in [0.15, 0.2) is 17.2 Å². The van der Waals surface area contributed by atoms with Crippen LogP contribution in [-0.2, 0) is 0 Å². The maximum Gasteiger partial charge on any atom is 0.293 e. The Hall–Kier alpha value is -2.43. The number of nitrogen functional groups attached to an aromatic ring is 1. The number of hydrogen-bond donors (Lipinski definition) is 1. The highest BCUT2D eigenvalue weighted by molar-refractivity contribution is 5.72. The Labute approximate surface area is 90.5 Å². The van der Waals surface area contributed by atoms with E-state index in [0.717, 1.165) is 0 Å². The summed E-state index contributed by atoms with van der Waals surface area (Å²) in [7, 11) is 0. The van der Waals surface area contributed by atoms with Gasteiger partial charge in [0.05, 0.1) is 12.5 Å². The number of nitrogens with zero attached hydrogens (tertiary/aromatic N) is 1. The van der Waals surface area contributed by atoms with Crippen molar-refractivity contribution in [2.24, 2.45) is 0 Å². The van der Waals surface area contributed by atoms with E-state index in [4.69, 9.17) is 19.0 Å². The highest BCUT2D eigenvalue weighted by Gasteiger charge is 2.19. The summed E-state index contributed by atoms with van der Waals surface area (Å²) in [6.07, 6.45) is 3.12. The maximum absolute atomic E-state index is 5.53. The number of oxazole rings is 1. The van der Waals surface area contributed by atoms with Crippen molar-refractivity contribution < 1.29 is 13.3 Å². The first-order chi connectivity index (χ1) is 7.84. The number of aromatic nitrogens is 1. The van der Waals surface area contributed by atoms with E-state index in [1.54, 1.807) is 36.8 Å². The summed E-state index contributed by atoms with van der Waals surface area (Å²) >= 11 is 0. The molecule has 5 nitrogen and oxygen atoms in total. The summed E-state index contributed by atoms with van der Waals surface area (Å²) in [5, 5.41) is 0. The molecule has 3 heterocycles. The number of nitrogens with two attached hydrogens (primary N) is 1. The molecule has 0 fully saturated rings. The van der Waals surface area contributed by atoms with Gasteiger partial charge in [0, 0.05) is 0 Å². The molecule has 0 spiro atoms. The van der Waals surface area contributed by atoms with E-state index in [9.17, 15) is 0 Å². The zero-order valence-corrected chi connectivity index (χ0v) is 8.21. The first-order valence-electron chi connectivity index (χ1n) is 4.68. The summed E-state index contributed by atoms with van der Waals surface area (Å²) in [5.74, 6) is 1.62. The minimum Gasteiger partial charge on any atom is -0.463 e. The molecule has 0 bridgehead atoms. The average Bonchev–Trinajstić information content (AvgIpc) is 2.98. The van der Waals surface area contributed by atoms with Crippen LogP contribution in [-0.4, -0.2) is 4.98 Å². The summed E-state index contributed by atoms with van der Waals surface area (Å²) in [6, 6.07) is 7.17. The van der Waals surface area contributed by atoms with Gasteiger partial charge >= 0.3 is 0 Å². The van der Waals surface area contributed by atoms with Crippen molar-refractivity contribution in [1.29, 1.82) is 0 Å². The molecule has 2 N–H and O–H groups in total. The van der Waals surface area contributed by atoms with Crippen molar-refractivity contribution in [3.8, 4) is 23.0 Å². The fourth-order valence-electron chi connectivity index (χ4n) is 1.49. The third-order valence-corrected chi connectivity index (χ3v) is 2.14. The van der Waals surface area contributed by atoms with Crippen molar-refractivity contribution in [3.63, 3.8) is 0 Å². The Bertz CT molecular complexity index is 527. The van der Waals surface area contributed by atoms with Crippen LogP contribution < -0.4 is 5.73 Å². The Kier molecular flexibility index (Phi) is 1.83. The van der Waals surface area contributed by atoms with Crippen LogP contribution in [0.1, 0.15) is 0 Å². The van der Waals surface area contributed by atoms with Crippen LogP contribution in [0.15, 0.2) is 50.0 Å². The first-order valence-corrected chi connectivity index (χ1v) is 4.68. The Morgan fingerprint density at radius 1 is 1.00 bits per heavy atom. The summed E-state index contributed by atoms with van der Waals surface area (Å²) in [4.78, 5) is 4.07. The molecule has 80 valence electrons. The van der Waals surface area contributed by atoms with Crippen molar-refractivity contribution in [2.45, 2.75) is 0 Å². The van der Waals surface area contributed by atoms with Crippen molar-refractivity contribution in [2.75, 3.05) is 5.73 Å². The Balaban J connectivity index is 2.19. The van der Waals surface area contributed by atoms with Crippen molar-refractivity contribution in [3.05, 3.63) is 36.8 Å². The predicted molar refractivity (Wildman–Crippen MR) is 56.3 cm³/mol. The molecule has 16 heavy (non-hydrogen) atoms. The third-order valence-electron chi connectivity index (χ3n) is 2.14. The van der Waals surface area contributed by atoms with Crippen molar-refractivity contribution in [1.82, 2.24) is 4.98 Å². The fraction of sp³-hybridized carbons (Fsp3) is 0. The van der Waals surface area contributed by atoms with Gasteiger partial charge in [0.2, 0.25) is 5.76 Å². The van der Waals surface area contributed by atoms with E-state index in [1.165, 1.54) is 0 Å². The average molecular weight is 216 g/mol. The monoisotopic (exact) mass is 216 g/mol. The van der Waals surface area contributed by atoms with Crippen LogP contribution in [0.4, 0.5) is 6.01 Å². The minimum atomic E-state index is 0.0813. The van der Waals surface area contributed by atoms with E-state index < -0.39 is 0 Å². The lowest BCUT2D eigenvalue weighted by Gasteiger charge is -1.93. The molecule has 0 saturated heterocycles. The summed E-state index contributed by atoms with van der Waals surface area (Å²) < 4.78 is 15.8. The minimum absolute atomic E-state index is 0.0813. The molecule has 0 amide bonds.